The average molecular weight is 247 g/mol. The van der Waals surface area contributed by atoms with Crippen LogP contribution >= 0.6 is 11.8 Å². The molecule has 0 aromatic carbocycles. The maximum absolute atomic E-state index is 9.46. The van der Waals surface area contributed by atoms with E-state index < -0.39 is 6.10 Å². The molecule has 1 heterocycles. The van der Waals surface area contributed by atoms with Crippen molar-refractivity contribution >= 4 is 23.4 Å². The van der Waals surface area contributed by atoms with E-state index in [1.54, 1.807) is 0 Å². The molecule has 0 saturated heterocycles. The third-order valence-corrected chi connectivity index (χ3v) is 2.42. The summed E-state index contributed by atoms with van der Waals surface area (Å²) < 4.78 is 4.44. The Morgan fingerprint density at radius 1 is 1.69 bits per heavy atom. The topological polar surface area (TPSA) is 130 Å². The third-order valence-electron chi connectivity index (χ3n) is 1.70. The third kappa shape index (κ3) is 3.28. The zero-order valence-corrected chi connectivity index (χ0v) is 9.44. The second kappa shape index (κ2) is 6.18. The molecule has 0 fully saturated rings. The Kier molecular flexibility index (Phi) is 4.86. The first kappa shape index (κ1) is 12.6. The van der Waals surface area contributed by atoms with Gasteiger partial charge in [0.25, 0.3) is 0 Å². The normalized spacial score (nSPS) is 13.8. The summed E-state index contributed by atoms with van der Waals surface area (Å²) in [5.74, 6) is 0.621. The molecule has 16 heavy (non-hydrogen) atoms. The zero-order valence-electron chi connectivity index (χ0n) is 8.62. The minimum atomic E-state index is -0.521. The molecule has 0 radical (unpaired) electrons. The Hall–Kier alpha value is -1.48. The van der Waals surface area contributed by atoms with Gasteiger partial charge in [-0.3, -0.25) is 0 Å². The summed E-state index contributed by atoms with van der Waals surface area (Å²) in [5, 5.41) is 30.5. The van der Waals surface area contributed by atoms with E-state index in [1.807, 2.05) is 6.26 Å². The molecule has 0 aliphatic carbocycles. The number of nitrogens with two attached hydrogens (primary N) is 1. The van der Waals surface area contributed by atoms with Gasteiger partial charge in [-0.1, -0.05) is 5.16 Å². The Labute approximate surface area is 95.8 Å². The number of rotatable bonds is 6. The van der Waals surface area contributed by atoms with E-state index in [0.29, 0.717) is 5.75 Å². The summed E-state index contributed by atoms with van der Waals surface area (Å²) in [5.41, 5.74) is 5.45. The Morgan fingerprint density at radius 2 is 2.44 bits per heavy atom. The van der Waals surface area contributed by atoms with Crippen LogP contribution in [0.1, 0.15) is 5.69 Å². The van der Waals surface area contributed by atoms with E-state index in [-0.39, 0.29) is 23.9 Å². The van der Waals surface area contributed by atoms with Crippen LogP contribution < -0.4 is 11.1 Å². The van der Waals surface area contributed by atoms with Gasteiger partial charge in [0, 0.05) is 12.3 Å². The second-order valence-electron chi connectivity index (χ2n) is 2.94. The van der Waals surface area contributed by atoms with Crippen molar-refractivity contribution in [2.75, 3.05) is 23.9 Å². The molecule has 8 nitrogen and oxygen atoms in total. The van der Waals surface area contributed by atoms with E-state index in [0.717, 1.165) is 0 Å². The number of oxime groups is 1. The lowest BCUT2D eigenvalue weighted by Gasteiger charge is -2.09. The predicted octanol–water partition coefficient (Wildman–Crippen LogP) is -0.700. The zero-order chi connectivity index (χ0) is 12.0. The predicted molar refractivity (Wildman–Crippen MR) is 59.7 cm³/mol. The monoisotopic (exact) mass is 247 g/mol. The van der Waals surface area contributed by atoms with Gasteiger partial charge >= 0.3 is 0 Å². The van der Waals surface area contributed by atoms with Gasteiger partial charge in [-0.25, -0.2) is 4.63 Å². The first-order chi connectivity index (χ1) is 7.69. The number of nitrogens with zero attached hydrogens (tertiary/aromatic N) is 3. The van der Waals surface area contributed by atoms with Gasteiger partial charge in [-0.15, -0.1) is 0 Å². The minimum absolute atomic E-state index is 0.110. The number of aliphatic hydroxyl groups excluding tert-OH is 1. The van der Waals surface area contributed by atoms with Crippen molar-refractivity contribution < 1.29 is 14.9 Å². The molecule has 0 bridgehead atoms. The Balaban J connectivity index is 2.57. The fourth-order valence-corrected chi connectivity index (χ4v) is 1.49. The van der Waals surface area contributed by atoms with Crippen molar-refractivity contribution in [2.24, 2.45) is 10.9 Å². The molecule has 9 heteroatoms. The van der Waals surface area contributed by atoms with Crippen molar-refractivity contribution in [3.8, 4) is 0 Å². The first-order valence-corrected chi connectivity index (χ1v) is 5.79. The SMILES string of the molecule is CSCC(O)CNc1nonc1/C(N)=N/O. The lowest BCUT2D eigenvalue weighted by atomic mass is 10.3. The molecular weight excluding hydrogens is 234 g/mol. The van der Waals surface area contributed by atoms with Gasteiger partial charge in [-0.05, 0) is 16.6 Å². The highest BCUT2D eigenvalue weighted by Crippen LogP contribution is 2.09. The van der Waals surface area contributed by atoms with Crippen molar-refractivity contribution in [2.45, 2.75) is 6.10 Å². The number of aromatic nitrogens is 2. The molecule has 0 amide bonds. The largest absolute Gasteiger partial charge is 0.409 e. The summed E-state index contributed by atoms with van der Waals surface area (Å²) in [7, 11) is 0. The number of hydrogen-bond acceptors (Lipinski definition) is 8. The number of anilines is 1. The average Bonchev–Trinajstić information content (AvgIpc) is 2.74. The van der Waals surface area contributed by atoms with Crippen LogP contribution in [0.2, 0.25) is 0 Å². The maximum Gasteiger partial charge on any atom is 0.202 e. The van der Waals surface area contributed by atoms with Crippen LogP contribution in [0.15, 0.2) is 9.78 Å². The smallest absolute Gasteiger partial charge is 0.202 e. The number of amidine groups is 1. The van der Waals surface area contributed by atoms with Crippen LogP contribution in [0.3, 0.4) is 0 Å². The maximum atomic E-state index is 9.46. The Bertz CT molecular complexity index is 356. The summed E-state index contributed by atoms with van der Waals surface area (Å²) in [6.45, 7) is 0.279. The quantitative estimate of drug-likeness (QED) is 0.225. The van der Waals surface area contributed by atoms with Crippen molar-refractivity contribution in [3.05, 3.63) is 5.69 Å². The van der Waals surface area contributed by atoms with Gasteiger partial charge in [0.2, 0.25) is 5.82 Å². The lowest BCUT2D eigenvalue weighted by molar-refractivity contribution is 0.212. The molecule has 5 N–H and O–H groups in total. The van der Waals surface area contributed by atoms with Gasteiger partial charge in [0.15, 0.2) is 11.5 Å². The minimum Gasteiger partial charge on any atom is -0.409 e. The van der Waals surface area contributed by atoms with Crippen LogP contribution in [0.5, 0.6) is 0 Å². The van der Waals surface area contributed by atoms with Crippen LogP contribution in [0.4, 0.5) is 5.82 Å². The van der Waals surface area contributed by atoms with Crippen molar-refractivity contribution in [3.63, 3.8) is 0 Å². The van der Waals surface area contributed by atoms with E-state index in [2.05, 4.69) is 25.4 Å². The summed E-state index contributed by atoms with van der Waals surface area (Å²) >= 11 is 1.52. The van der Waals surface area contributed by atoms with Gasteiger partial charge in [0.1, 0.15) is 0 Å². The van der Waals surface area contributed by atoms with Crippen LogP contribution in [0, 0.1) is 0 Å². The van der Waals surface area contributed by atoms with Gasteiger partial charge < -0.3 is 21.4 Å². The molecule has 1 aromatic heterocycles. The second-order valence-corrected chi connectivity index (χ2v) is 3.85. The fourth-order valence-electron chi connectivity index (χ4n) is 0.986. The number of nitrogens with one attached hydrogen (secondary N) is 1. The molecule has 1 atom stereocenters. The van der Waals surface area contributed by atoms with E-state index in [4.69, 9.17) is 10.9 Å². The molecular formula is C7H13N5O3S. The Morgan fingerprint density at radius 3 is 3.06 bits per heavy atom. The number of thioether (sulfide) groups is 1. The van der Waals surface area contributed by atoms with Crippen molar-refractivity contribution in [1.29, 1.82) is 0 Å². The molecule has 0 spiro atoms. The van der Waals surface area contributed by atoms with Crippen LogP contribution in [-0.4, -0.2) is 51.1 Å². The summed E-state index contributed by atoms with van der Waals surface area (Å²) in [6, 6.07) is 0. The van der Waals surface area contributed by atoms with E-state index in [1.165, 1.54) is 11.8 Å². The van der Waals surface area contributed by atoms with E-state index >= 15 is 0 Å². The molecule has 1 rings (SSSR count). The highest BCUT2D eigenvalue weighted by molar-refractivity contribution is 7.98. The number of aliphatic hydroxyl groups is 1. The molecule has 1 aromatic rings. The molecule has 1 unspecified atom stereocenters. The first-order valence-electron chi connectivity index (χ1n) is 4.40. The van der Waals surface area contributed by atoms with Crippen molar-refractivity contribution in [1.82, 2.24) is 10.3 Å². The van der Waals surface area contributed by atoms with E-state index in [9.17, 15) is 5.11 Å². The standard InChI is InChI=1S/C7H13N5O3S/c1-16-3-4(13)2-9-7-5(6(8)10-14)11-15-12-7/h4,13-14H,2-3H2,1H3,(H2,8,10)(H,9,12). The molecule has 90 valence electrons. The number of hydrogen-bond donors (Lipinski definition) is 4. The lowest BCUT2D eigenvalue weighted by Crippen LogP contribution is -2.23. The molecule has 0 saturated carbocycles. The van der Waals surface area contributed by atoms with Crippen LogP contribution in [-0.2, 0) is 0 Å². The molecule has 0 aliphatic heterocycles. The fraction of sp³-hybridized carbons (Fsp3) is 0.571. The molecule has 0 aliphatic rings. The summed E-state index contributed by atoms with van der Waals surface area (Å²) in [6.07, 6.45) is 1.37. The van der Waals surface area contributed by atoms with Crippen LogP contribution in [0.25, 0.3) is 0 Å². The van der Waals surface area contributed by atoms with Gasteiger partial charge in [0.05, 0.1) is 6.10 Å². The summed E-state index contributed by atoms with van der Waals surface area (Å²) in [4.78, 5) is 0. The van der Waals surface area contributed by atoms with Gasteiger partial charge in [-0.2, -0.15) is 11.8 Å². The highest BCUT2D eigenvalue weighted by Gasteiger charge is 2.15. The highest BCUT2D eigenvalue weighted by atomic mass is 32.2.